The molecule has 0 saturated heterocycles. The lowest BCUT2D eigenvalue weighted by atomic mass is 10.4. The first kappa shape index (κ1) is 9.18. The molecule has 0 N–H and O–H groups in total. The zero-order valence-corrected chi connectivity index (χ0v) is 7.60. The van der Waals surface area contributed by atoms with E-state index in [1.54, 1.807) is 14.0 Å². The van der Waals surface area contributed by atoms with Crippen molar-refractivity contribution < 1.29 is 12.3 Å². The summed E-state index contributed by atoms with van der Waals surface area (Å²) >= 11 is 0. The van der Waals surface area contributed by atoms with Crippen molar-refractivity contribution in [2.45, 2.75) is 12.7 Å². The number of aryl methyl sites for hydroxylation is 2. The van der Waals surface area contributed by atoms with E-state index < -0.39 is 16.0 Å². The first-order valence-electron chi connectivity index (χ1n) is 3.30. The summed E-state index contributed by atoms with van der Waals surface area (Å²) in [6.07, 6.45) is 0. The molecule has 1 aromatic rings. The molecular weight excluding hydrogens is 183 g/mol. The smallest absolute Gasteiger partial charge is 0.271 e. The number of nitrogens with zero attached hydrogens (tertiary/aromatic N) is 2. The zero-order valence-electron chi connectivity index (χ0n) is 6.78. The van der Waals surface area contributed by atoms with Crippen LogP contribution in [-0.4, -0.2) is 18.2 Å². The molecule has 0 unspecified atom stereocenters. The van der Waals surface area contributed by atoms with Crippen LogP contribution in [0.3, 0.4) is 0 Å². The number of aromatic nitrogens is 2. The lowest BCUT2D eigenvalue weighted by Gasteiger charge is -1.95. The Labute approximate surface area is 70.2 Å². The molecular formula is C6H9FN2O2S. The van der Waals surface area contributed by atoms with Crippen molar-refractivity contribution in [1.29, 1.82) is 0 Å². The Hall–Kier alpha value is -0.910. The summed E-state index contributed by atoms with van der Waals surface area (Å²) in [4.78, 5) is 0. The molecule has 0 fully saturated rings. The Kier molecular flexibility index (Phi) is 2.18. The number of halogens is 1. The highest BCUT2D eigenvalue weighted by atomic mass is 32.3. The van der Waals surface area contributed by atoms with Crippen LogP contribution in [0.2, 0.25) is 0 Å². The van der Waals surface area contributed by atoms with Gasteiger partial charge in [-0.3, -0.25) is 4.68 Å². The summed E-state index contributed by atoms with van der Waals surface area (Å²) in [6, 6.07) is 1.54. The fraction of sp³-hybridized carbons (Fsp3) is 0.500. The quantitative estimate of drug-likeness (QED) is 0.642. The highest BCUT2D eigenvalue weighted by molar-refractivity contribution is 7.85. The lowest BCUT2D eigenvalue weighted by molar-refractivity contribution is 0.548. The van der Waals surface area contributed by atoms with Gasteiger partial charge in [0.25, 0.3) is 0 Å². The van der Waals surface area contributed by atoms with Gasteiger partial charge in [0, 0.05) is 7.05 Å². The third-order valence-electron chi connectivity index (χ3n) is 1.42. The number of hydrogen-bond donors (Lipinski definition) is 0. The number of hydrogen-bond acceptors (Lipinski definition) is 3. The monoisotopic (exact) mass is 192 g/mol. The first-order valence-corrected chi connectivity index (χ1v) is 4.85. The van der Waals surface area contributed by atoms with Gasteiger partial charge in [-0.25, -0.2) is 0 Å². The summed E-state index contributed by atoms with van der Waals surface area (Å²) in [7, 11) is -2.87. The van der Waals surface area contributed by atoms with E-state index in [9.17, 15) is 12.3 Å². The molecule has 1 rings (SSSR count). The fourth-order valence-corrected chi connectivity index (χ4v) is 1.60. The van der Waals surface area contributed by atoms with E-state index >= 15 is 0 Å². The van der Waals surface area contributed by atoms with Gasteiger partial charge in [0.1, 0.15) is 5.75 Å². The van der Waals surface area contributed by atoms with Crippen molar-refractivity contribution >= 4 is 10.2 Å². The van der Waals surface area contributed by atoms with E-state index in [0.717, 1.165) is 0 Å². The summed E-state index contributed by atoms with van der Waals surface area (Å²) in [5, 5.41) is 3.88. The Morgan fingerprint density at radius 1 is 1.67 bits per heavy atom. The molecule has 6 heteroatoms. The van der Waals surface area contributed by atoms with Crippen LogP contribution in [0.15, 0.2) is 6.07 Å². The maximum absolute atomic E-state index is 12.2. The predicted molar refractivity (Wildman–Crippen MR) is 41.7 cm³/mol. The van der Waals surface area contributed by atoms with Crippen LogP contribution >= 0.6 is 0 Å². The van der Waals surface area contributed by atoms with Crippen LogP contribution in [0.4, 0.5) is 3.89 Å². The molecule has 1 heterocycles. The van der Waals surface area contributed by atoms with Crippen molar-refractivity contribution in [2.24, 2.45) is 7.05 Å². The standard InChI is InChI=1S/C6H9FN2O2S/c1-5-3-6(9(2)8-5)4-12(7,10)11/h3H,4H2,1-2H3. The van der Waals surface area contributed by atoms with Gasteiger partial charge >= 0.3 is 10.2 Å². The molecule has 0 radical (unpaired) electrons. The SMILES string of the molecule is Cc1cc(CS(=O)(=O)F)n(C)n1. The minimum atomic E-state index is -4.45. The topological polar surface area (TPSA) is 52.0 Å². The van der Waals surface area contributed by atoms with E-state index in [4.69, 9.17) is 0 Å². The van der Waals surface area contributed by atoms with Crippen LogP contribution in [-0.2, 0) is 23.0 Å². The summed E-state index contributed by atoms with van der Waals surface area (Å²) in [5.41, 5.74) is 1.03. The molecule has 0 bridgehead atoms. The van der Waals surface area contributed by atoms with Crippen LogP contribution in [0, 0.1) is 6.92 Å². The minimum Gasteiger partial charge on any atom is -0.271 e. The number of rotatable bonds is 2. The average Bonchev–Trinajstić information content (AvgIpc) is 2.06. The second kappa shape index (κ2) is 2.85. The van der Waals surface area contributed by atoms with Gasteiger partial charge in [0.15, 0.2) is 0 Å². The van der Waals surface area contributed by atoms with Gasteiger partial charge in [-0.15, -0.1) is 3.89 Å². The molecule has 0 aliphatic rings. The molecule has 4 nitrogen and oxygen atoms in total. The third kappa shape index (κ3) is 2.30. The largest absolute Gasteiger partial charge is 0.308 e. The fourth-order valence-electron chi connectivity index (χ4n) is 0.976. The normalized spacial score (nSPS) is 11.9. The van der Waals surface area contributed by atoms with E-state index in [1.165, 1.54) is 10.7 Å². The van der Waals surface area contributed by atoms with Crippen LogP contribution < -0.4 is 0 Å². The van der Waals surface area contributed by atoms with E-state index in [0.29, 0.717) is 11.4 Å². The second-order valence-electron chi connectivity index (χ2n) is 2.58. The minimum absolute atomic E-state index is 0.356. The van der Waals surface area contributed by atoms with Crippen LogP contribution in [0.25, 0.3) is 0 Å². The first-order chi connectivity index (χ1) is 5.38. The highest BCUT2D eigenvalue weighted by Gasteiger charge is 2.12. The predicted octanol–water partition coefficient (Wildman–Crippen LogP) is 0.528. The van der Waals surface area contributed by atoms with Crippen LogP contribution in [0.1, 0.15) is 11.4 Å². The summed E-state index contributed by atoms with van der Waals surface area (Å²) in [5.74, 6) is -0.607. The Morgan fingerprint density at radius 2 is 2.25 bits per heavy atom. The van der Waals surface area contributed by atoms with E-state index in [-0.39, 0.29) is 0 Å². The maximum Gasteiger partial charge on any atom is 0.308 e. The average molecular weight is 192 g/mol. The molecule has 0 aliphatic heterocycles. The molecule has 0 aliphatic carbocycles. The molecule has 68 valence electrons. The van der Waals surface area contributed by atoms with Crippen LogP contribution in [0.5, 0.6) is 0 Å². The zero-order chi connectivity index (χ0) is 9.35. The third-order valence-corrected chi connectivity index (χ3v) is 2.06. The second-order valence-corrected chi connectivity index (χ2v) is 3.95. The maximum atomic E-state index is 12.2. The van der Waals surface area contributed by atoms with Crippen molar-refractivity contribution in [2.75, 3.05) is 0 Å². The van der Waals surface area contributed by atoms with Gasteiger partial charge in [0.2, 0.25) is 0 Å². The Balaban J connectivity index is 2.97. The van der Waals surface area contributed by atoms with Gasteiger partial charge in [-0.2, -0.15) is 13.5 Å². The Bertz CT molecular complexity index is 382. The van der Waals surface area contributed by atoms with Crippen molar-refractivity contribution in [1.82, 2.24) is 9.78 Å². The van der Waals surface area contributed by atoms with Crippen molar-refractivity contribution in [3.63, 3.8) is 0 Å². The van der Waals surface area contributed by atoms with Gasteiger partial charge in [0.05, 0.1) is 11.4 Å². The highest BCUT2D eigenvalue weighted by Crippen LogP contribution is 2.07. The van der Waals surface area contributed by atoms with Crippen molar-refractivity contribution in [3.8, 4) is 0 Å². The van der Waals surface area contributed by atoms with Gasteiger partial charge < -0.3 is 0 Å². The molecule has 0 atom stereocenters. The molecule has 0 amide bonds. The summed E-state index contributed by atoms with van der Waals surface area (Å²) in [6.45, 7) is 1.72. The van der Waals surface area contributed by atoms with Gasteiger partial charge in [-0.05, 0) is 13.0 Å². The van der Waals surface area contributed by atoms with E-state index in [2.05, 4.69) is 5.10 Å². The van der Waals surface area contributed by atoms with E-state index in [1.807, 2.05) is 0 Å². The summed E-state index contributed by atoms with van der Waals surface area (Å²) < 4.78 is 34.1. The molecule has 1 aromatic heterocycles. The molecule has 0 spiro atoms. The lowest BCUT2D eigenvalue weighted by Crippen LogP contribution is -2.03. The van der Waals surface area contributed by atoms with Crippen molar-refractivity contribution in [3.05, 3.63) is 17.5 Å². The molecule has 0 saturated carbocycles. The van der Waals surface area contributed by atoms with Gasteiger partial charge in [-0.1, -0.05) is 0 Å². The molecule has 12 heavy (non-hydrogen) atoms. The molecule has 0 aromatic carbocycles. The Morgan fingerprint density at radius 3 is 2.58 bits per heavy atom.